The molecule has 242 valence electrons. The van der Waals surface area contributed by atoms with Gasteiger partial charge in [-0.25, -0.2) is 9.18 Å². The number of hydrogen-bond acceptors (Lipinski definition) is 4. The standard InChI is InChI=1S/C39H40FN3O4/c1-41-36(44)25-35(31-11-9-28(10-12-31)27-5-3-2-4-6-27)42-37(45)26-39(32-15-17-33(40)18-16-32)21-23-43(24-22-39)38(46)47-34-19-13-30(14-20-34)29-7-8-29/h2-6,9-20,29,35H,7-8,21-26H2,1H3,(H,41,44)(H,42,45). The molecule has 1 aliphatic carbocycles. The number of carbonyl (C=O) groups is 3. The third kappa shape index (κ3) is 7.88. The Labute approximate surface area is 275 Å². The average molecular weight is 634 g/mol. The van der Waals surface area contributed by atoms with Gasteiger partial charge in [0.05, 0.1) is 12.5 Å². The summed E-state index contributed by atoms with van der Waals surface area (Å²) in [6, 6.07) is 31.3. The van der Waals surface area contributed by atoms with Gasteiger partial charge in [-0.2, -0.15) is 0 Å². The summed E-state index contributed by atoms with van der Waals surface area (Å²) in [6.07, 6.45) is 3.18. The van der Waals surface area contributed by atoms with Crippen LogP contribution >= 0.6 is 0 Å². The average Bonchev–Trinajstić information content (AvgIpc) is 3.95. The van der Waals surface area contributed by atoms with Crippen LogP contribution in [0.1, 0.15) is 67.2 Å². The summed E-state index contributed by atoms with van der Waals surface area (Å²) >= 11 is 0. The molecule has 4 aromatic carbocycles. The van der Waals surface area contributed by atoms with Gasteiger partial charge in [-0.15, -0.1) is 0 Å². The molecule has 1 saturated heterocycles. The van der Waals surface area contributed by atoms with Gasteiger partial charge in [0.25, 0.3) is 0 Å². The lowest BCUT2D eigenvalue weighted by Crippen LogP contribution is -2.48. The molecule has 47 heavy (non-hydrogen) atoms. The summed E-state index contributed by atoms with van der Waals surface area (Å²) < 4.78 is 19.6. The van der Waals surface area contributed by atoms with E-state index in [1.807, 2.05) is 78.9 Å². The lowest BCUT2D eigenvalue weighted by Gasteiger charge is -2.41. The molecule has 3 amide bonds. The first-order valence-corrected chi connectivity index (χ1v) is 16.3. The maximum Gasteiger partial charge on any atom is 0.415 e. The molecule has 0 aromatic heterocycles. The molecule has 1 saturated carbocycles. The van der Waals surface area contributed by atoms with Crippen LogP contribution in [-0.4, -0.2) is 42.9 Å². The van der Waals surface area contributed by atoms with Gasteiger partial charge in [0, 0.05) is 32.0 Å². The highest BCUT2D eigenvalue weighted by molar-refractivity contribution is 5.81. The molecule has 1 aliphatic heterocycles. The minimum Gasteiger partial charge on any atom is -0.410 e. The van der Waals surface area contributed by atoms with Gasteiger partial charge in [-0.3, -0.25) is 9.59 Å². The lowest BCUT2D eigenvalue weighted by atomic mass is 9.70. The zero-order valence-corrected chi connectivity index (χ0v) is 26.6. The third-order valence-electron chi connectivity index (χ3n) is 9.49. The number of likely N-dealkylation sites (tertiary alicyclic amines) is 1. The van der Waals surface area contributed by atoms with Crippen LogP contribution in [0, 0.1) is 5.82 Å². The second-order valence-electron chi connectivity index (χ2n) is 12.6. The van der Waals surface area contributed by atoms with Crippen LogP contribution in [-0.2, 0) is 15.0 Å². The Morgan fingerprint density at radius 3 is 2.09 bits per heavy atom. The fourth-order valence-electron chi connectivity index (χ4n) is 6.51. The van der Waals surface area contributed by atoms with E-state index in [0.717, 1.165) is 22.3 Å². The number of benzene rings is 4. The summed E-state index contributed by atoms with van der Waals surface area (Å²) in [5.74, 6) is 0.365. The number of halogens is 1. The van der Waals surface area contributed by atoms with Crippen molar-refractivity contribution in [2.24, 2.45) is 0 Å². The molecule has 0 radical (unpaired) electrons. The predicted octanol–water partition coefficient (Wildman–Crippen LogP) is 7.29. The highest BCUT2D eigenvalue weighted by Gasteiger charge is 2.40. The number of nitrogens with zero attached hydrogens (tertiary/aromatic N) is 1. The summed E-state index contributed by atoms with van der Waals surface area (Å²) in [5.41, 5.74) is 4.42. The summed E-state index contributed by atoms with van der Waals surface area (Å²) in [7, 11) is 1.57. The van der Waals surface area contributed by atoms with Crippen molar-refractivity contribution in [3.05, 3.63) is 126 Å². The van der Waals surface area contributed by atoms with Crippen LogP contribution in [0.3, 0.4) is 0 Å². The SMILES string of the molecule is CNC(=O)CC(NC(=O)CC1(c2ccc(F)cc2)CCN(C(=O)Oc2ccc(C3CC3)cc2)CC1)c1ccc(-c2ccccc2)cc1. The van der Waals surface area contributed by atoms with Crippen molar-refractivity contribution in [3.8, 4) is 16.9 Å². The number of carbonyl (C=O) groups excluding carboxylic acids is 3. The summed E-state index contributed by atoms with van der Waals surface area (Å²) in [5, 5.41) is 5.78. The Hall–Kier alpha value is -4.98. The van der Waals surface area contributed by atoms with Crippen LogP contribution < -0.4 is 15.4 Å². The summed E-state index contributed by atoms with van der Waals surface area (Å²) in [4.78, 5) is 41.1. The molecule has 2 fully saturated rings. The van der Waals surface area contributed by atoms with Crippen molar-refractivity contribution in [1.29, 1.82) is 0 Å². The van der Waals surface area contributed by atoms with E-state index in [9.17, 15) is 18.8 Å². The topological polar surface area (TPSA) is 87.7 Å². The summed E-state index contributed by atoms with van der Waals surface area (Å²) in [6.45, 7) is 0.762. The Bertz CT molecular complexity index is 1680. The van der Waals surface area contributed by atoms with Gasteiger partial charge in [-0.1, -0.05) is 78.9 Å². The Kier molecular flexibility index (Phi) is 9.66. The minimum atomic E-state index is -0.630. The van der Waals surface area contributed by atoms with E-state index >= 15 is 0 Å². The van der Waals surface area contributed by atoms with Crippen molar-refractivity contribution in [1.82, 2.24) is 15.5 Å². The van der Waals surface area contributed by atoms with Gasteiger partial charge in [0.1, 0.15) is 11.6 Å². The molecule has 2 aliphatic rings. The Morgan fingerprint density at radius 1 is 0.830 bits per heavy atom. The van der Waals surface area contributed by atoms with Crippen molar-refractivity contribution < 1.29 is 23.5 Å². The van der Waals surface area contributed by atoms with E-state index < -0.39 is 17.6 Å². The fourth-order valence-corrected chi connectivity index (χ4v) is 6.51. The molecule has 1 atom stereocenters. The van der Waals surface area contributed by atoms with Crippen molar-refractivity contribution >= 4 is 17.9 Å². The highest BCUT2D eigenvalue weighted by Crippen LogP contribution is 2.41. The van der Waals surface area contributed by atoms with Gasteiger partial charge in [0.15, 0.2) is 0 Å². The first-order chi connectivity index (χ1) is 22.8. The zero-order valence-electron chi connectivity index (χ0n) is 26.6. The fraction of sp³-hybridized carbons (Fsp3) is 0.308. The van der Waals surface area contributed by atoms with Crippen LogP contribution in [0.25, 0.3) is 11.1 Å². The van der Waals surface area contributed by atoms with Gasteiger partial charge >= 0.3 is 6.09 Å². The molecule has 4 aromatic rings. The van der Waals surface area contributed by atoms with E-state index in [-0.39, 0.29) is 30.5 Å². The number of amides is 3. The normalized spacial score (nSPS) is 16.2. The number of nitrogens with one attached hydrogen (secondary N) is 2. The smallest absolute Gasteiger partial charge is 0.410 e. The quantitative estimate of drug-likeness (QED) is 0.192. The number of hydrogen-bond donors (Lipinski definition) is 2. The highest BCUT2D eigenvalue weighted by atomic mass is 19.1. The van der Waals surface area contributed by atoms with E-state index in [1.165, 1.54) is 30.5 Å². The van der Waals surface area contributed by atoms with Crippen LogP contribution in [0.5, 0.6) is 5.75 Å². The number of ether oxygens (including phenoxy) is 1. The first-order valence-electron chi connectivity index (χ1n) is 16.3. The molecule has 7 nitrogen and oxygen atoms in total. The van der Waals surface area contributed by atoms with E-state index in [0.29, 0.717) is 37.6 Å². The number of rotatable bonds is 10. The van der Waals surface area contributed by atoms with Crippen molar-refractivity contribution in [3.63, 3.8) is 0 Å². The molecular formula is C39H40FN3O4. The van der Waals surface area contributed by atoms with Gasteiger partial charge in [0.2, 0.25) is 11.8 Å². The monoisotopic (exact) mass is 633 g/mol. The molecule has 2 N–H and O–H groups in total. The van der Waals surface area contributed by atoms with Gasteiger partial charge < -0.3 is 20.3 Å². The first kappa shape index (κ1) is 32.0. The molecule has 0 bridgehead atoms. The maximum atomic E-state index is 14.0. The van der Waals surface area contributed by atoms with Crippen molar-refractivity contribution in [2.75, 3.05) is 20.1 Å². The van der Waals surface area contributed by atoms with Crippen LogP contribution in [0.15, 0.2) is 103 Å². The van der Waals surface area contributed by atoms with E-state index in [1.54, 1.807) is 24.1 Å². The van der Waals surface area contributed by atoms with E-state index in [4.69, 9.17) is 4.74 Å². The molecular weight excluding hydrogens is 593 g/mol. The van der Waals surface area contributed by atoms with Gasteiger partial charge in [-0.05, 0) is 83.7 Å². The van der Waals surface area contributed by atoms with E-state index in [2.05, 4.69) is 10.6 Å². The molecule has 1 heterocycles. The molecule has 1 unspecified atom stereocenters. The maximum absolute atomic E-state index is 14.0. The second-order valence-corrected chi connectivity index (χ2v) is 12.6. The molecule has 8 heteroatoms. The third-order valence-corrected chi connectivity index (χ3v) is 9.49. The van der Waals surface area contributed by atoms with Crippen LogP contribution in [0.2, 0.25) is 0 Å². The minimum absolute atomic E-state index is 0.0811. The van der Waals surface area contributed by atoms with Crippen molar-refractivity contribution in [2.45, 2.75) is 55.9 Å². The molecule has 0 spiro atoms. The lowest BCUT2D eigenvalue weighted by molar-refractivity contribution is -0.124. The zero-order chi connectivity index (χ0) is 32.8. The number of piperidine rings is 1. The second kappa shape index (κ2) is 14.2. The van der Waals surface area contributed by atoms with Crippen LogP contribution in [0.4, 0.5) is 9.18 Å². The predicted molar refractivity (Wildman–Crippen MR) is 179 cm³/mol. The largest absolute Gasteiger partial charge is 0.415 e. The molecule has 6 rings (SSSR count). The Balaban J connectivity index is 1.15. The Morgan fingerprint density at radius 2 is 1.47 bits per heavy atom.